The van der Waals surface area contributed by atoms with Crippen LogP contribution >= 0.6 is 0 Å². The summed E-state index contributed by atoms with van der Waals surface area (Å²) in [5.41, 5.74) is 12.6. The molecule has 0 aromatic carbocycles. The molecule has 0 atom stereocenters. The SMILES string of the molecule is NC1CCC(N)(C2CCCCC2)CC1. The zero-order valence-electron chi connectivity index (χ0n) is 9.17. The van der Waals surface area contributed by atoms with Gasteiger partial charge in [-0.25, -0.2) is 0 Å². The molecule has 2 aliphatic carbocycles. The van der Waals surface area contributed by atoms with Crippen molar-refractivity contribution in [2.75, 3.05) is 0 Å². The molecule has 14 heavy (non-hydrogen) atoms. The van der Waals surface area contributed by atoms with Crippen molar-refractivity contribution in [1.29, 1.82) is 0 Å². The quantitative estimate of drug-likeness (QED) is 0.675. The van der Waals surface area contributed by atoms with Gasteiger partial charge in [0.05, 0.1) is 0 Å². The van der Waals surface area contributed by atoms with Crippen LogP contribution in [0.1, 0.15) is 57.8 Å². The van der Waals surface area contributed by atoms with Gasteiger partial charge in [0, 0.05) is 11.6 Å². The first-order chi connectivity index (χ1) is 6.71. The average molecular weight is 196 g/mol. The van der Waals surface area contributed by atoms with Gasteiger partial charge in [-0.1, -0.05) is 19.3 Å². The molecule has 2 nitrogen and oxygen atoms in total. The minimum absolute atomic E-state index is 0.149. The number of nitrogens with two attached hydrogens (primary N) is 2. The highest BCUT2D eigenvalue weighted by Gasteiger charge is 2.37. The molecule has 0 radical (unpaired) electrons. The second-order valence-electron chi connectivity index (χ2n) is 5.41. The maximum atomic E-state index is 6.54. The number of hydrogen-bond donors (Lipinski definition) is 2. The minimum atomic E-state index is 0.149. The molecule has 0 unspecified atom stereocenters. The van der Waals surface area contributed by atoms with Crippen LogP contribution in [0.2, 0.25) is 0 Å². The van der Waals surface area contributed by atoms with Crippen LogP contribution in [0.3, 0.4) is 0 Å². The average Bonchev–Trinajstić information content (AvgIpc) is 2.24. The van der Waals surface area contributed by atoms with Gasteiger partial charge in [0.15, 0.2) is 0 Å². The van der Waals surface area contributed by atoms with E-state index in [1.165, 1.54) is 44.9 Å². The van der Waals surface area contributed by atoms with Gasteiger partial charge in [-0.15, -0.1) is 0 Å². The maximum absolute atomic E-state index is 6.54. The van der Waals surface area contributed by atoms with E-state index in [4.69, 9.17) is 11.5 Å². The van der Waals surface area contributed by atoms with Crippen molar-refractivity contribution in [2.45, 2.75) is 69.4 Å². The summed E-state index contributed by atoms with van der Waals surface area (Å²) in [6.07, 6.45) is 11.6. The van der Waals surface area contributed by atoms with E-state index >= 15 is 0 Å². The molecule has 2 heteroatoms. The zero-order valence-corrected chi connectivity index (χ0v) is 9.17. The third-order valence-corrected chi connectivity index (χ3v) is 4.38. The van der Waals surface area contributed by atoms with Crippen molar-refractivity contribution >= 4 is 0 Å². The highest BCUT2D eigenvalue weighted by Crippen LogP contribution is 2.39. The van der Waals surface area contributed by atoms with E-state index in [0.717, 1.165) is 18.8 Å². The predicted molar refractivity (Wildman–Crippen MR) is 59.9 cm³/mol. The van der Waals surface area contributed by atoms with Crippen LogP contribution in [0.25, 0.3) is 0 Å². The molecular formula is C12H24N2. The highest BCUT2D eigenvalue weighted by molar-refractivity contribution is 4.96. The molecule has 2 rings (SSSR count). The molecule has 0 heterocycles. The fourth-order valence-electron chi connectivity index (χ4n) is 3.26. The molecule has 0 aromatic rings. The second-order valence-corrected chi connectivity index (χ2v) is 5.41. The van der Waals surface area contributed by atoms with E-state index in [1.807, 2.05) is 0 Å². The van der Waals surface area contributed by atoms with Crippen molar-refractivity contribution in [3.05, 3.63) is 0 Å². The van der Waals surface area contributed by atoms with Crippen LogP contribution in [0, 0.1) is 5.92 Å². The maximum Gasteiger partial charge on any atom is 0.0184 e. The summed E-state index contributed by atoms with van der Waals surface area (Å²) >= 11 is 0. The Labute approximate surface area is 87.4 Å². The first-order valence-electron chi connectivity index (χ1n) is 6.25. The Morgan fingerprint density at radius 1 is 0.857 bits per heavy atom. The number of hydrogen-bond acceptors (Lipinski definition) is 2. The lowest BCUT2D eigenvalue weighted by atomic mass is 9.67. The summed E-state index contributed by atoms with van der Waals surface area (Å²) in [5, 5.41) is 0. The van der Waals surface area contributed by atoms with Gasteiger partial charge in [0.1, 0.15) is 0 Å². The molecule has 4 N–H and O–H groups in total. The van der Waals surface area contributed by atoms with Gasteiger partial charge in [0.2, 0.25) is 0 Å². The van der Waals surface area contributed by atoms with Crippen LogP contribution in [-0.2, 0) is 0 Å². The van der Waals surface area contributed by atoms with Gasteiger partial charge < -0.3 is 11.5 Å². The van der Waals surface area contributed by atoms with Crippen LogP contribution in [0.15, 0.2) is 0 Å². The Hall–Kier alpha value is -0.0800. The van der Waals surface area contributed by atoms with Gasteiger partial charge in [-0.05, 0) is 44.4 Å². The first kappa shape index (κ1) is 10.4. The summed E-state index contributed by atoms with van der Waals surface area (Å²) < 4.78 is 0. The van der Waals surface area contributed by atoms with Crippen LogP contribution in [-0.4, -0.2) is 11.6 Å². The molecule has 0 saturated heterocycles. The van der Waals surface area contributed by atoms with E-state index in [0.29, 0.717) is 6.04 Å². The predicted octanol–water partition coefficient (Wildman–Crippen LogP) is 2.17. The van der Waals surface area contributed by atoms with Crippen molar-refractivity contribution < 1.29 is 0 Å². The Kier molecular flexibility index (Phi) is 3.13. The molecule has 0 spiro atoms. The molecule has 0 aliphatic heterocycles. The summed E-state index contributed by atoms with van der Waals surface area (Å²) in [7, 11) is 0. The van der Waals surface area contributed by atoms with E-state index in [9.17, 15) is 0 Å². The Balaban J connectivity index is 1.93. The second kappa shape index (κ2) is 4.19. The minimum Gasteiger partial charge on any atom is -0.328 e. The zero-order chi connectivity index (χ0) is 10.0. The van der Waals surface area contributed by atoms with E-state index in [-0.39, 0.29) is 5.54 Å². The van der Waals surface area contributed by atoms with Gasteiger partial charge in [-0.2, -0.15) is 0 Å². The summed E-state index contributed by atoms with van der Waals surface area (Å²) in [6.45, 7) is 0. The first-order valence-corrected chi connectivity index (χ1v) is 6.25. The summed E-state index contributed by atoms with van der Waals surface area (Å²) in [6, 6.07) is 0.426. The largest absolute Gasteiger partial charge is 0.328 e. The third kappa shape index (κ3) is 2.12. The van der Waals surface area contributed by atoms with E-state index in [1.54, 1.807) is 0 Å². The topological polar surface area (TPSA) is 52.0 Å². The van der Waals surface area contributed by atoms with Crippen LogP contribution in [0.4, 0.5) is 0 Å². The van der Waals surface area contributed by atoms with Crippen molar-refractivity contribution in [3.63, 3.8) is 0 Å². The van der Waals surface area contributed by atoms with Crippen molar-refractivity contribution in [1.82, 2.24) is 0 Å². The molecule has 2 fully saturated rings. The molecular weight excluding hydrogens is 172 g/mol. The van der Waals surface area contributed by atoms with E-state index in [2.05, 4.69) is 0 Å². The molecule has 0 bridgehead atoms. The standard InChI is InChI=1S/C12H24N2/c13-11-6-8-12(14,9-7-11)10-4-2-1-3-5-10/h10-11H,1-9,13-14H2. The molecule has 2 saturated carbocycles. The fraction of sp³-hybridized carbons (Fsp3) is 1.00. The molecule has 0 amide bonds. The summed E-state index contributed by atoms with van der Waals surface area (Å²) in [4.78, 5) is 0. The summed E-state index contributed by atoms with van der Waals surface area (Å²) in [5.74, 6) is 0.795. The lowest BCUT2D eigenvalue weighted by Gasteiger charge is -2.44. The third-order valence-electron chi connectivity index (χ3n) is 4.38. The van der Waals surface area contributed by atoms with Crippen molar-refractivity contribution in [2.24, 2.45) is 17.4 Å². The van der Waals surface area contributed by atoms with Gasteiger partial charge in [-0.3, -0.25) is 0 Å². The van der Waals surface area contributed by atoms with E-state index < -0.39 is 0 Å². The Bertz CT molecular complexity index is 177. The number of rotatable bonds is 1. The van der Waals surface area contributed by atoms with Gasteiger partial charge >= 0.3 is 0 Å². The smallest absolute Gasteiger partial charge is 0.0184 e. The molecule has 2 aliphatic rings. The fourth-order valence-corrected chi connectivity index (χ4v) is 3.26. The molecule has 0 aromatic heterocycles. The normalized spacial score (nSPS) is 41.1. The van der Waals surface area contributed by atoms with Crippen molar-refractivity contribution in [3.8, 4) is 0 Å². The van der Waals surface area contributed by atoms with Crippen LogP contribution in [0.5, 0.6) is 0 Å². The lowest BCUT2D eigenvalue weighted by molar-refractivity contribution is 0.146. The Morgan fingerprint density at radius 2 is 1.43 bits per heavy atom. The Morgan fingerprint density at radius 3 is 2.00 bits per heavy atom. The van der Waals surface area contributed by atoms with Gasteiger partial charge in [0.25, 0.3) is 0 Å². The lowest BCUT2D eigenvalue weighted by Crippen LogP contribution is -2.52. The molecule has 82 valence electrons. The monoisotopic (exact) mass is 196 g/mol. The highest BCUT2D eigenvalue weighted by atomic mass is 14.8. The van der Waals surface area contributed by atoms with Crippen LogP contribution < -0.4 is 11.5 Å².